The number of thiophene rings is 1. The molecule has 0 saturated carbocycles. The Balaban J connectivity index is 1.91. The van der Waals surface area contributed by atoms with E-state index in [2.05, 4.69) is 0 Å². The van der Waals surface area contributed by atoms with Crippen molar-refractivity contribution in [2.24, 2.45) is 0 Å². The molecular weight excluding hydrogens is 354 g/mol. The van der Waals surface area contributed by atoms with Gasteiger partial charge in [-0.1, -0.05) is 29.8 Å². The normalized spacial score (nSPS) is 19.6. The maximum Gasteiger partial charge on any atom is 0.255 e. The predicted octanol–water partition coefficient (Wildman–Crippen LogP) is 3.23. The van der Waals surface area contributed by atoms with Gasteiger partial charge in [0.2, 0.25) is 0 Å². The number of benzene rings is 1. The lowest BCUT2D eigenvalue weighted by Gasteiger charge is -2.28. The van der Waals surface area contributed by atoms with Crippen molar-refractivity contribution < 1.29 is 13.2 Å². The Morgan fingerprint density at radius 3 is 2.65 bits per heavy atom. The van der Waals surface area contributed by atoms with Crippen LogP contribution in [0.25, 0.3) is 0 Å². The van der Waals surface area contributed by atoms with Crippen molar-refractivity contribution in [2.75, 3.05) is 11.5 Å². The Bertz CT molecular complexity index is 802. The maximum atomic E-state index is 12.9. The summed E-state index contributed by atoms with van der Waals surface area (Å²) in [4.78, 5) is 15.6. The van der Waals surface area contributed by atoms with Crippen molar-refractivity contribution in [1.29, 1.82) is 0 Å². The molecule has 7 heteroatoms. The van der Waals surface area contributed by atoms with Gasteiger partial charge < -0.3 is 4.90 Å². The van der Waals surface area contributed by atoms with Gasteiger partial charge in [-0.15, -0.1) is 11.3 Å². The molecule has 0 aliphatic carbocycles. The molecule has 1 aromatic carbocycles. The zero-order chi connectivity index (χ0) is 16.4. The molecule has 1 fully saturated rings. The molecule has 1 aliphatic heterocycles. The van der Waals surface area contributed by atoms with E-state index < -0.39 is 9.84 Å². The zero-order valence-corrected chi connectivity index (χ0v) is 14.7. The number of nitrogens with zero attached hydrogens (tertiary/aromatic N) is 1. The summed E-state index contributed by atoms with van der Waals surface area (Å²) in [5.74, 6) is -0.0608. The van der Waals surface area contributed by atoms with Crippen LogP contribution >= 0.6 is 22.9 Å². The van der Waals surface area contributed by atoms with Gasteiger partial charge in [-0.05, 0) is 30.0 Å². The number of hydrogen-bond acceptors (Lipinski definition) is 4. The van der Waals surface area contributed by atoms with Gasteiger partial charge in [0, 0.05) is 10.9 Å². The Labute approximate surface area is 144 Å². The van der Waals surface area contributed by atoms with Crippen LogP contribution in [0.2, 0.25) is 5.02 Å². The highest BCUT2D eigenvalue weighted by Crippen LogP contribution is 2.26. The molecule has 3 rings (SSSR count). The van der Waals surface area contributed by atoms with Crippen LogP contribution in [0.15, 0.2) is 41.8 Å². The van der Waals surface area contributed by atoms with Crippen molar-refractivity contribution in [3.63, 3.8) is 0 Å². The van der Waals surface area contributed by atoms with E-state index in [9.17, 15) is 13.2 Å². The Hall–Kier alpha value is -1.37. The van der Waals surface area contributed by atoms with Crippen LogP contribution in [0.3, 0.4) is 0 Å². The molecule has 2 heterocycles. The van der Waals surface area contributed by atoms with Gasteiger partial charge in [0.15, 0.2) is 9.84 Å². The number of rotatable bonds is 4. The Morgan fingerprint density at radius 2 is 2.04 bits per heavy atom. The summed E-state index contributed by atoms with van der Waals surface area (Å²) >= 11 is 7.70. The SMILES string of the molecule is O=C(c1ccccc1Cl)N(Cc1cccs1)[C@H]1CCS(=O)(=O)C1. The summed E-state index contributed by atoms with van der Waals surface area (Å²) in [6, 6.07) is 10.4. The van der Waals surface area contributed by atoms with Gasteiger partial charge in [0.1, 0.15) is 0 Å². The fraction of sp³-hybridized carbons (Fsp3) is 0.312. The minimum Gasteiger partial charge on any atom is -0.329 e. The number of carbonyl (C=O) groups excluding carboxylic acids is 1. The number of hydrogen-bond donors (Lipinski definition) is 0. The first kappa shape index (κ1) is 16.5. The first-order valence-corrected chi connectivity index (χ1v) is 10.3. The van der Waals surface area contributed by atoms with E-state index in [1.165, 1.54) is 0 Å². The van der Waals surface area contributed by atoms with Crippen LogP contribution in [0.5, 0.6) is 0 Å². The molecule has 0 spiro atoms. The molecule has 122 valence electrons. The highest BCUT2D eigenvalue weighted by Gasteiger charge is 2.35. The minimum atomic E-state index is -3.07. The average molecular weight is 370 g/mol. The van der Waals surface area contributed by atoms with Crippen LogP contribution in [-0.4, -0.2) is 36.8 Å². The van der Waals surface area contributed by atoms with Crippen LogP contribution in [0, 0.1) is 0 Å². The van der Waals surface area contributed by atoms with Gasteiger partial charge in [-0.25, -0.2) is 8.42 Å². The molecule has 0 unspecified atom stereocenters. The van der Waals surface area contributed by atoms with Gasteiger partial charge in [0.25, 0.3) is 5.91 Å². The lowest BCUT2D eigenvalue weighted by atomic mass is 10.1. The topological polar surface area (TPSA) is 54.5 Å². The largest absolute Gasteiger partial charge is 0.329 e. The summed E-state index contributed by atoms with van der Waals surface area (Å²) in [6.45, 7) is 0.405. The molecule has 1 saturated heterocycles. The van der Waals surface area contributed by atoms with Crippen molar-refractivity contribution in [3.05, 3.63) is 57.2 Å². The van der Waals surface area contributed by atoms with Gasteiger partial charge in [-0.2, -0.15) is 0 Å². The molecule has 1 aliphatic rings. The van der Waals surface area contributed by atoms with Gasteiger partial charge in [0.05, 0.1) is 28.6 Å². The summed E-state index contributed by atoms with van der Waals surface area (Å²) in [5, 5.41) is 2.33. The van der Waals surface area contributed by atoms with Gasteiger partial charge >= 0.3 is 0 Å². The predicted molar refractivity (Wildman–Crippen MR) is 92.7 cm³/mol. The molecule has 1 amide bonds. The van der Waals surface area contributed by atoms with E-state index in [0.29, 0.717) is 23.6 Å². The van der Waals surface area contributed by atoms with E-state index in [0.717, 1.165) is 4.88 Å². The highest BCUT2D eigenvalue weighted by molar-refractivity contribution is 7.91. The second-order valence-corrected chi connectivity index (χ2v) is 9.22. The van der Waals surface area contributed by atoms with Crippen LogP contribution in [-0.2, 0) is 16.4 Å². The standard InChI is InChI=1S/C16H16ClNO3S2/c17-15-6-2-1-5-14(15)16(19)18(10-13-4-3-8-22-13)12-7-9-23(20,21)11-12/h1-6,8,12H,7,9-11H2/t12-/m0/s1. The second kappa shape index (κ2) is 6.63. The second-order valence-electron chi connectivity index (χ2n) is 5.55. The summed E-state index contributed by atoms with van der Waals surface area (Å²) in [7, 11) is -3.07. The van der Waals surface area contributed by atoms with Crippen molar-refractivity contribution in [1.82, 2.24) is 4.90 Å². The minimum absolute atomic E-state index is 0.0224. The zero-order valence-electron chi connectivity index (χ0n) is 12.3. The summed E-state index contributed by atoms with van der Waals surface area (Å²) < 4.78 is 23.6. The van der Waals surface area contributed by atoms with Crippen molar-refractivity contribution in [2.45, 2.75) is 19.0 Å². The quantitative estimate of drug-likeness (QED) is 0.831. The van der Waals surface area contributed by atoms with Crippen LogP contribution in [0.1, 0.15) is 21.7 Å². The Morgan fingerprint density at radius 1 is 1.26 bits per heavy atom. The lowest BCUT2D eigenvalue weighted by molar-refractivity contribution is 0.0683. The molecule has 2 aromatic rings. The Kier molecular flexibility index (Phi) is 4.75. The molecule has 0 radical (unpaired) electrons. The summed E-state index contributed by atoms with van der Waals surface area (Å²) in [6.07, 6.45) is 0.476. The van der Waals surface area contributed by atoms with Crippen LogP contribution in [0.4, 0.5) is 0 Å². The van der Waals surface area contributed by atoms with E-state index >= 15 is 0 Å². The summed E-state index contributed by atoms with van der Waals surface area (Å²) in [5.41, 5.74) is 0.412. The first-order chi connectivity index (χ1) is 11.0. The van der Waals surface area contributed by atoms with Crippen molar-refractivity contribution in [3.8, 4) is 0 Å². The van der Waals surface area contributed by atoms with E-state index in [4.69, 9.17) is 11.6 Å². The van der Waals surface area contributed by atoms with E-state index in [1.807, 2.05) is 17.5 Å². The van der Waals surface area contributed by atoms with E-state index in [1.54, 1.807) is 40.5 Å². The molecular formula is C16H16ClNO3S2. The lowest BCUT2D eigenvalue weighted by Crippen LogP contribution is -2.40. The van der Waals surface area contributed by atoms with Gasteiger partial charge in [-0.3, -0.25) is 4.79 Å². The number of halogens is 1. The average Bonchev–Trinajstić information content (AvgIpc) is 3.14. The third-order valence-corrected chi connectivity index (χ3v) is 6.86. The first-order valence-electron chi connectivity index (χ1n) is 7.24. The molecule has 1 aromatic heterocycles. The molecule has 1 atom stereocenters. The third-order valence-electron chi connectivity index (χ3n) is 3.92. The monoisotopic (exact) mass is 369 g/mol. The molecule has 0 bridgehead atoms. The smallest absolute Gasteiger partial charge is 0.255 e. The number of sulfone groups is 1. The molecule has 23 heavy (non-hydrogen) atoms. The van der Waals surface area contributed by atoms with Crippen LogP contribution < -0.4 is 0 Å². The highest BCUT2D eigenvalue weighted by atomic mass is 35.5. The molecule has 4 nitrogen and oxygen atoms in total. The third kappa shape index (κ3) is 3.76. The fourth-order valence-electron chi connectivity index (χ4n) is 2.75. The molecule has 0 N–H and O–H groups in total. The number of amides is 1. The van der Waals surface area contributed by atoms with Crippen molar-refractivity contribution >= 4 is 38.7 Å². The number of carbonyl (C=O) groups is 1. The fourth-order valence-corrected chi connectivity index (χ4v) is 5.40. The van der Waals surface area contributed by atoms with E-state index in [-0.39, 0.29) is 23.5 Å². The maximum absolute atomic E-state index is 12.9.